The topological polar surface area (TPSA) is 46.5 Å². The molecular formula is C15H19FO3. The van der Waals surface area contributed by atoms with Gasteiger partial charge in [0.15, 0.2) is 0 Å². The van der Waals surface area contributed by atoms with Crippen LogP contribution in [0.15, 0.2) is 36.9 Å². The second kappa shape index (κ2) is 8.29. The average Bonchev–Trinajstić information content (AvgIpc) is 2.39. The zero-order chi connectivity index (χ0) is 14.1. The molecule has 3 nitrogen and oxygen atoms in total. The molecule has 1 N–H and O–H groups in total. The lowest BCUT2D eigenvalue weighted by Gasteiger charge is -2.14. The molecule has 19 heavy (non-hydrogen) atoms. The lowest BCUT2D eigenvalue weighted by molar-refractivity contribution is -0.137. The van der Waals surface area contributed by atoms with Crippen molar-refractivity contribution >= 4 is 5.97 Å². The second-order valence-electron chi connectivity index (χ2n) is 4.28. The fourth-order valence-corrected chi connectivity index (χ4v) is 1.83. The van der Waals surface area contributed by atoms with Gasteiger partial charge in [0.2, 0.25) is 0 Å². The van der Waals surface area contributed by atoms with Gasteiger partial charge >= 0.3 is 5.97 Å². The Morgan fingerprint density at radius 2 is 2.11 bits per heavy atom. The van der Waals surface area contributed by atoms with Crippen LogP contribution in [-0.4, -0.2) is 24.4 Å². The molecule has 1 rings (SSSR count). The maximum absolute atomic E-state index is 11.9. The zero-order valence-electron chi connectivity index (χ0n) is 10.8. The van der Waals surface area contributed by atoms with Gasteiger partial charge in [0.1, 0.15) is 5.75 Å². The number of carbonyl (C=O) groups is 1. The largest absolute Gasteiger partial charge is 0.494 e. The normalized spacial score (nSPS) is 11.8. The summed E-state index contributed by atoms with van der Waals surface area (Å²) in [6, 6.07) is 7.26. The Morgan fingerprint density at radius 1 is 1.42 bits per heavy atom. The highest BCUT2D eigenvalue weighted by Crippen LogP contribution is 2.25. The summed E-state index contributed by atoms with van der Waals surface area (Å²) in [5.74, 6) is -0.227. The third kappa shape index (κ3) is 5.55. The van der Waals surface area contributed by atoms with Gasteiger partial charge in [0.25, 0.3) is 0 Å². The number of hydrogen-bond donors (Lipinski definition) is 1. The second-order valence-corrected chi connectivity index (χ2v) is 4.28. The van der Waals surface area contributed by atoms with Crippen molar-refractivity contribution in [3.8, 4) is 5.75 Å². The van der Waals surface area contributed by atoms with Gasteiger partial charge in [-0.15, -0.1) is 6.58 Å². The van der Waals surface area contributed by atoms with Crippen molar-refractivity contribution in [3.63, 3.8) is 0 Å². The van der Waals surface area contributed by atoms with E-state index in [9.17, 15) is 9.18 Å². The highest BCUT2D eigenvalue weighted by atomic mass is 19.1. The van der Waals surface area contributed by atoms with Crippen LogP contribution in [0.5, 0.6) is 5.75 Å². The van der Waals surface area contributed by atoms with Gasteiger partial charge in [0.05, 0.1) is 19.7 Å². The molecule has 1 aromatic rings. The number of allylic oxidation sites excluding steroid dienone is 1. The number of halogens is 1. The molecule has 0 spiro atoms. The van der Waals surface area contributed by atoms with Crippen molar-refractivity contribution in [2.24, 2.45) is 0 Å². The van der Waals surface area contributed by atoms with Crippen LogP contribution < -0.4 is 4.74 Å². The first kappa shape index (κ1) is 15.2. The van der Waals surface area contributed by atoms with Gasteiger partial charge in [-0.2, -0.15) is 0 Å². The number of carboxylic acids is 1. The number of carboxylic acid groups (broad SMARTS) is 1. The molecular weight excluding hydrogens is 247 g/mol. The van der Waals surface area contributed by atoms with Crippen molar-refractivity contribution in [1.82, 2.24) is 0 Å². The summed E-state index contributed by atoms with van der Waals surface area (Å²) in [7, 11) is 0. The number of alkyl halides is 1. The van der Waals surface area contributed by atoms with Crippen LogP contribution in [-0.2, 0) is 4.79 Å². The molecule has 0 heterocycles. The molecule has 4 heteroatoms. The smallest absolute Gasteiger partial charge is 0.303 e. The van der Waals surface area contributed by atoms with E-state index in [0.29, 0.717) is 25.2 Å². The summed E-state index contributed by atoms with van der Waals surface area (Å²) in [5.41, 5.74) is 0.945. The van der Waals surface area contributed by atoms with Gasteiger partial charge < -0.3 is 9.84 Å². The molecule has 0 aliphatic heterocycles. The quantitative estimate of drug-likeness (QED) is 0.549. The Labute approximate surface area is 112 Å². The van der Waals surface area contributed by atoms with E-state index in [1.807, 2.05) is 12.1 Å². The third-order valence-electron chi connectivity index (χ3n) is 2.77. The Kier molecular flexibility index (Phi) is 6.64. The standard InChI is InChI=1S/C15H19FO3/c1-2-4-13(11-15(17)18)12-5-7-14(8-6-12)19-10-3-9-16/h2,5-8,13H,1,3-4,9-11H2,(H,17,18). The monoisotopic (exact) mass is 266 g/mol. The van der Waals surface area contributed by atoms with Gasteiger partial charge in [0, 0.05) is 6.42 Å². The number of hydrogen-bond acceptors (Lipinski definition) is 2. The van der Waals surface area contributed by atoms with Crippen LogP contribution in [0.4, 0.5) is 4.39 Å². The Balaban J connectivity index is 2.65. The van der Waals surface area contributed by atoms with Crippen molar-refractivity contribution in [2.75, 3.05) is 13.3 Å². The van der Waals surface area contributed by atoms with Crippen LogP contribution in [0.2, 0.25) is 0 Å². The number of ether oxygens (including phenoxy) is 1. The van der Waals surface area contributed by atoms with Crippen LogP contribution >= 0.6 is 0 Å². The molecule has 0 amide bonds. The third-order valence-corrected chi connectivity index (χ3v) is 2.77. The predicted molar refractivity (Wildman–Crippen MR) is 72.3 cm³/mol. The Hall–Kier alpha value is -1.84. The summed E-state index contributed by atoms with van der Waals surface area (Å²) >= 11 is 0. The molecule has 0 aliphatic carbocycles. The van der Waals surface area contributed by atoms with E-state index in [-0.39, 0.29) is 12.3 Å². The van der Waals surface area contributed by atoms with Crippen molar-refractivity contribution in [3.05, 3.63) is 42.5 Å². The van der Waals surface area contributed by atoms with E-state index in [2.05, 4.69) is 6.58 Å². The lowest BCUT2D eigenvalue weighted by atomic mass is 9.92. The van der Waals surface area contributed by atoms with Crippen LogP contribution in [0.1, 0.15) is 30.7 Å². The minimum absolute atomic E-state index is 0.0742. The van der Waals surface area contributed by atoms with Crippen LogP contribution in [0, 0.1) is 0 Å². The molecule has 1 aromatic carbocycles. The summed E-state index contributed by atoms with van der Waals surface area (Å²) in [4.78, 5) is 10.8. The number of aliphatic carboxylic acids is 1. The van der Waals surface area contributed by atoms with Gasteiger partial charge in [-0.25, -0.2) is 0 Å². The number of rotatable bonds is 9. The molecule has 0 aromatic heterocycles. The summed E-state index contributed by atoms with van der Waals surface area (Å²) in [6.45, 7) is 3.61. The highest BCUT2D eigenvalue weighted by molar-refractivity contribution is 5.68. The van der Waals surface area contributed by atoms with E-state index in [1.165, 1.54) is 0 Å². The minimum atomic E-state index is -0.824. The maximum atomic E-state index is 11.9. The highest BCUT2D eigenvalue weighted by Gasteiger charge is 2.14. The van der Waals surface area contributed by atoms with E-state index in [0.717, 1.165) is 5.56 Å². The minimum Gasteiger partial charge on any atom is -0.494 e. The molecule has 0 saturated carbocycles. The molecule has 1 unspecified atom stereocenters. The predicted octanol–water partition coefficient (Wildman–Crippen LogP) is 3.56. The van der Waals surface area contributed by atoms with Crippen LogP contribution in [0.3, 0.4) is 0 Å². The van der Waals surface area contributed by atoms with Gasteiger partial charge in [-0.3, -0.25) is 9.18 Å². The van der Waals surface area contributed by atoms with E-state index in [4.69, 9.17) is 9.84 Å². The number of benzene rings is 1. The zero-order valence-corrected chi connectivity index (χ0v) is 10.8. The first-order chi connectivity index (χ1) is 9.17. The summed E-state index contributed by atoms with van der Waals surface area (Å²) < 4.78 is 17.3. The molecule has 104 valence electrons. The summed E-state index contributed by atoms with van der Waals surface area (Å²) in [6.07, 6.45) is 2.79. The van der Waals surface area contributed by atoms with Crippen molar-refractivity contribution < 1.29 is 19.0 Å². The fraction of sp³-hybridized carbons (Fsp3) is 0.400. The fourth-order valence-electron chi connectivity index (χ4n) is 1.83. The van der Waals surface area contributed by atoms with Gasteiger partial charge in [-0.1, -0.05) is 18.2 Å². The first-order valence-corrected chi connectivity index (χ1v) is 6.28. The van der Waals surface area contributed by atoms with Crippen molar-refractivity contribution in [1.29, 1.82) is 0 Å². The molecule has 0 bridgehead atoms. The Bertz CT molecular complexity index is 400. The van der Waals surface area contributed by atoms with E-state index >= 15 is 0 Å². The summed E-state index contributed by atoms with van der Waals surface area (Å²) in [5, 5.41) is 8.88. The Morgan fingerprint density at radius 3 is 2.63 bits per heavy atom. The average molecular weight is 266 g/mol. The van der Waals surface area contributed by atoms with Crippen LogP contribution in [0.25, 0.3) is 0 Å². The van der Waals surface area contributed by atoms with Crippen molar-refractivity contribution in [2.45, 2.75) is 25.2 Å². The first-order valence-electron chi connectivity index (χ1n) is 6.28. The SMILES string of the molecule is C=CCC(CC(=O)O)c1ccc(OCCCF)cc1. The van der Waals surface area contributed by atoms with Gasteiger partial charge in [-0.05, 0) is 30.0 Å². The molecule has 0 fully saturated rings. The molecule has 1 atom stereocenters. The molecule has 0 saturated heterocycles. The lowest BCUT2D eigenvalue weighted by Crippen LogP contribution is -2.06. The van der Waals surface area contributed by atoms with E-state index < -0.39 is 12.6 Å². The molecule has 0 aliphatic rings. The molecule has 0 radical (unpaired) electrons. The maximum Gasteiger partial charge on any atom is 0.303 e. The van der Waals surface area contributed by atoms with E-state index in [1.54, 1.807) is 18.2 Å².